The maximum Gasteiger partial charge on any atom is 0.319 e. The SMILES string of the molecule is Cc1ccccc1C(O)CNC(=O)Nc1cccc2cccnc12. The summed E-state index contributed by atoms with van der Waals surface area (Å²) in [5.41, 5.74) is 3.17. The first-order valence-electron chi connectivity index (χ1n) is 7.77. The molecule has 0 spiro atoms. The van der Waals surface area contributed by atoms with Gasteiger partial charge in [0.2, 0.25) is 0 Å². The third-order valence-electron chi connectivity index (χ3n) is 3.88. The quantitative estimate of drug-likeness (QED) is 0.689. The van der Waals surface area contributed by atoms with Crippen molar-refractivity contribution < 1.29 is 9.90 Å². The van der Waals surface area contributed by atoms with E-state index in [0.29, 0.717) is 5.69 Å². The Balaban J connectivity index is 1.64. The number of aliphatic hydroxyl groups excluding tert-OH is 1. The second-order valence-corrected chi connectivity index (χ2v) is 5.59. The lowest BCUT2D eigenvalue weighted by atomic mass is 10.0. The highest BCUT2D eigenvalue weighted by atomic mass is 16.3. The molecule has 24 heavy (non-hydrogen) atoms. The number of hydrogen-bond donors (Lipinski definition) is 3. The zero-order chi connectivity index (χ0) is 16.9. The highest BCUT2D eigenvalue weighted by Gasteiger charge is 2.12. The Morgan fingerprint density at radius 2 is 1.92 bits per heavy atom. The van der Waals surface area contributed by atoms with Crippen LogP contribution in [0.15, 0.2) is 60.8 Å². The zero-order valence-electron chi connectivity index (χ0n) is 13.4. The first-order valence-corrected chi connectivity index (χ1v) is 7.77. The van der Waals surface area contributed by atoms with Crippen molar-refractivity contribution in [2.75, 3.05) is 11.9 Å². The van der Waals surface area contributed by atoms with E-state index in [0.717, 1.165) is 22.0 Å². The van der Waals surface area contributed by atoms with Crippen LogP contribution >= 0.6 is 0 Å². The summed E-state index contributed by atoms with van der Waals surface area (Å²) in [4.78, 5) is 16.4. The first kappa shape index (κ1) is 16.0. The van der Waals surface area contributed by atoms with E-state index in [2.05, 4.69) is 15.6 Å². The Labute approximate surface area is 140 Å². The smallest absolute Gasteiger partial charge is 0.319 e. The number of aromatic nitrogens is 1. The number of pyridine rings is 1. The number of carbonyl (C=O) groups excluding carboxylic acids is 1. The average Bonchev–Trinajstić information content (AvgIpc) is 2.60. The number of carbonyl (C=O) groups is 1. The van der Waals surface area contributed by atoms with Crippen molar-refractivity contribution in [3.05, 3.63) is 71.9 Å². The number of nitrogens with zero attached hydrogens (tertiary/aromatic N) is 1. The molecule has 1 unspecified atom stereocenters. The number of aliphatic hydroxyl groups is 1. The molecule has 0 aliphatic heterocycles. The summed E-state index contributed by atoms with van der Waals surface area (Å²) in [6.45, 7) is 2.06. The van der Waals surface area contributed by atoms with Gasteiger partial charge in [-0.25, -0.2) is 4.79 Å². The number of urea groups is 1. The number of rotatable bonds is 4. The van der Waals surface area contributed by atoms with Crippen molar-refractivity contribution in [1.29, 1.82) is 0 Å². The van der Waals surface area contributed by atoms with Gasteiger partial charge in [-0.1, -0.05) is 42.5 Å². The predicted molar refractivity (Wildman–Crippen MR) is 94.9 cm³/mol. The van der Waals surface area contributed by atoms with Crippen LogP contribution in [-0.2, 0) is 0 Å². The molecule has 1 atom stereocenters. The summed E-state index contributed by atoms with van der Waals surface area (Å²) in [6.07, 6.45) is 0.940. The molecule has 3 aromatic rings. The number of nitrogens with one attached hydrogen (secondary N) is 2. The minimum absolute atomic E-state index is 0.134. The molecule has 122 valence electrons. The van der Waals surface area contributed by atoms with Crippen molar-refractivity contribution in [3.63, 3.8) is 0 Å². The van der Waals surface area contributed by atoms with Crippen LogP contribution in [-0.4, -0.2) is 22.7 Å². The minimum Gasteiger partial charge on any atom is -0.387 e. The van der Waals surface area contributed by atoms with Gasteiger partial charge in [-0.15, -0.1) is 0 Å². The van der Waals surface area contributed by atoms with Gasteiger partial charge in [0, 0.05) is 18.1 Å². The van der Waals surface area contributed by atoms with Gasteiger partial charge in [-0.05, 0) is 30.2 Å². The molecule has 3 N–H and O–H groups in total. The molecule has 0 aliphatic rings. The summed E-state index contributed by atoms with van der Waals surface area (Å²) >= 11 is 0. The van der Waals surface area contributed by atoms with E-state index in [1.807, 2.05) is 55.5 Å². The highest BCUT2D eigenvalue weighted by molar-refractivity contribution is 5.99. The molecule has 1 aromatic heterocycles. The average molecular weight is 321 g/mol. The predicted octanol–water partition coefficient (Wildman–Crippen LogP) is 3.40. The highest BCUT2D eigenvalue weighted by Crippen LogP contribution is 2.20. The Bertz CT molecular complexity index is 859. The Morgan fingerprint density at radius 3 is 2.75 bits per heavy atom. The van der Waals surface area contributed by atoms with E-state index in [1.54, 1.807) is 12.3 Å². The van der Waals surface area contributed by atoms with Crippen molar-refractivity contribution in [3.8, 4) is 0 Å². The molecule has 0 bridgehead atoms. The molecule has 5 nitrogen and oxygen atoms in total. The van der Waals surface area contributed by atoms with Gasteiger partial charge in [0.25, 0.3) is 0 Å². The summed E-state index contributed by atoms with van der Waals surface area (Å²) in [7, 11) is 0. The minimum atomic E-state index is -0.748. The van der Waals surface area contributed by atoms with Gasteiger partial charge in [0.15, 0.2) is 0 Å². The van der Waals surface area contributed by atoms with Gasteiger partial charge in [0.05, 0.1) is 17.3 Å². The molecule has 0 radical (unpaired) electrons. The number of hydrogen-bond acceptors (Lipinski definition) is 3. The van der Waals surface area contributed by atoms with Crippen LogP contribution in [0.3, 0.4) is 0 Å². The number of aryl methyl sites for hydroxylation is 1. The topological polar surface area (TPSA) is 74.2 Å². The molecule has 0 saturated carbocycles. The summed E-state index contributed by atoms with van der Waals surface area (Å²) < 4.78 is 0. The maximum absolute atomic E-state index is 12.1. The lowest BCUT2D eigenvalue weighted by Crippen LogP contribution is -2.32. The molecular weight excluding hydrogens is 302 g/mol. The fourth-order valence-electron chi connectivity index (χ4n) is 2.63. The molecule has 5 heteroatoms. The number of para-hydroxylation sites is 1. The molecule has 0 fully saturated rings. The van der Waals surface area contributed by atoms with Crippen LogP contribution in [0.1, 0.15) is 17.2 Å². The van der Waals surface area contributed by atoms with Gasteiger partial charge in [-0.2, -0.15) is 0 Å². The number of amides is 2. The van der Waals surface area contributed by atoms with Crippen molar-refractivity contribution >= 4 is 22.6 Å². The Kier molecular flexibility index (Phi) is 4.72. The van der Waals surface area contributed by atoms with Crippen molar-refractivity contribution in [1.82, 2.24) is 10.3 Å². The Hall–Kier alpha value is -2.92. The van der Waals surface area contributed by atoms with E-state index in [-0.39, 0.29) is 12.6 Å². The first-order chi connectivity index (χ1) is 11.6. The normalized spacial score (nSPS) is 11.9. The molecule has 1 heterocycles. The van der Waals surface area contributed by atoms with Gasteiger partial charge in [0.1, 0.15) is 0 Å². The third kappa shape index (κ3) is 3.52. The van der Waals surface area contributed by atoms with Gasteiger partial charge < -0.3 is 15.7 Å². The van der Waals surface area contributed by atoms with Crippen molar-refractivity contribution in [2.45, 2.75) is 13.0 Å². The molecular formula is C19H19N3O2. The monoisotopic (exact) mass is 321 g/mol. The molecule has 0 aliphatic carbocycles. The van der Waals surface area contributed by atoms with E-state index in [9.17, 15) is 9.90 Å². The third-order valence-corrected chi connectivity index (χ3v) is 3.88. The lowest BCUT2D eigenvalue weighted by Gasteiger charge is -2.15. The summed E-state index contributed by atoms with van der Waals surface area (Å²) in [5, 5.41) is 16.7. The largest absolute Gasteiger partial charge is 0.387 e. The van der Waals surface area contributed by atoms with E-state index < -0.39 is 6.10 Å². The number of fused-ring (bicyclic) bond motifs is 1. The van der Waals surface area contributed by atoms with E-state index >= 15 is 0 Å². The zero-order valence-corrected chi connectivity index (χ0v) is 13.4. The standard InChI is InChI=1S/C19H19N3O2/c1-13-6-2-3-9-15(13)17(23)12-21-19(24)22-16-10-4-7-14-8-5-11-20-18(14)16/h2-11,17,23H,12H2,1H3,(H2,21,22,24). The van der Waals surface area contributed by atoms with Crippen LogP contribution < -0.4 is 10.6 Å². The molecule has 3 rings (SSSR count). The van der Waals surface area contributed by atoms with Crippen LogP contribution in [0.2, 0.25) is 0 Å². The summed E-state index contributed by atoms with van der Waals surface area (Å²) in [5.74, 6) is 0. The maximum atomic E-state index is 12.1. The van der Waals surface area contributed by atoms with E-state index in [1.165, 1.54) is 0 Å². The van der Waals surface area contributed by atoms with Crippen LogP contribution in [0.4, 0.5) is 10.5 Å². The van der Waals surface area contributed by atoms with Gasteiger partial charge >= 0.3 is 6.03 Å². The fourth-order valence-corrected chi connectivity index (χ4v) is 2.63. The van der Waals surface area contributed by atoms with Crippen LogP contribution in [0.5, 0.6) is 0 Å². The number of benzene rings is 2. The van der Waals surface area contributed by atoms with Gasteiger partial charge in [-0.3, -0.25) is 4.98 Å². The molecule has 0 saturated heterocycles. The molecule has 2 aromatic carbocycles. The lowest BCUT2D eigenvalue weighted by molar-refractivity contribution is 0.174. The number of anilines is 1. The Morgan fingerprint density at radius 1 is 1.12 bits per heavy atom. The second-order valence-electron chi connectivity index (χ2n) is 5.59. The molecule has 2 amide bonds. The fraction of sp³-hybridized carbons (Fsp3) is 0.158. The van der Waals surface area contributed by atoms with E-state index in [4.69, 9.17) is 0 Å². The second kappa shape index (κ2) is 7.10. The van der Waals surface area contributed by atoms with Crippen LogP contribution in [0, 0.1) is 6.92 Å². The van der Waals surface area contributed by atoms with Crippen LogP contribution in [0.25, 0.3) is 10.9 Å². The summed E-state index contributed by atoms with van der Waals surface area (Å²) in [6, 6.07) is 16.6. The van der Waals surface area contributed by atoms with Crippen molar-refractivity contribution in [2.24, 2.45) is 0 Å².